The Hall–Kier alpha value is -4.06. The number of nitrogens with zero attached hydrogens (tertiary/aromatic N) is 4. The SMILES string of the molecule is N#Cc1ccc(NC(=O)c2n[nH]c3ccc(-c4cncc(CN5CCC(O)CC5)c4)cc23)cc1. The zero-order valence-corrected chi connectivity index (χ0v) is 18.5. The fourth-order valence-electron chi connectivity index (χ4n) is 4.25. The number of aromatic amines is 1. The van der Waals surface area contributed by atoms with E-state index >= 15 is 0 Å². The van der Waals surface area contributed by atoms with Crippen LogP contribution in [0.25, 0.3) is 22.0 Å². The summed E-state index contributed by atoms with van der Waals surface area (Å²) in [6.07, 6.45) is 5.11. The van der Waals surface area contributed by atoms with Gasteiger partial charge in [0.15, 0.2) is 5.69 Å². The lowest BCUT2D eigenvalue weighted by Crippen LogP contribution is -2.35. The molecule has 0 bridgehead atoms. The summed E-state index contributed by atoms with van der Waals surface area (Å²) >= 11 is 0. The summed E-state index contributed by atoms with van der Waals surface area (Å²) in [6.45, 7) is 2.55. The van der Waals surface area contributed by atoms with Crippen molar-refractivity contribution in [3.63, 3.8) is 0 Å². The number of benzene rings is 2. The van der Waals surface area contributed by atoms with Crippen LogP contribution in [0, 0.1) is 11.3 Å². The first-order chi connectivity index (χ1) is 16.6. The van der Waals surface area contributed by atoms with Gasteiger partial charge >= 0.3 is 0 Å². The molecule has 3 heterocycles. The van der Waals surface area contributed by atoms with Crippen LogP contribution in [0.3, 0.4) is 0 Å². The summed E-state index contributed by atoms with van der Waals surface area (Å²) in [5.74, 6) is -0.327. The molecule has 5 rings (SSSR count). The maximum Gasteiger partial charge on any atom is 0.276 e. The second-order valence-electron chi connectivity index (χ2n) is 8.57. The highest BCUT2D eigenvalue weighted by atomic mass is 16.3. The van der Waals surface area contributed by atoms with Gasteiger partial charge in [0.05, 0.1) is 23.3 Å². The first-order valence-corrected chi connectivity index (χ1v) is 11.2. The van der Waals surface area contributed by atoms with E-state index in [9.17, 15) is 9.90 Å². The summed E-state index contributed by atoms with van der Waals surface area (Å²) in [5, 5.41) is 29.4. The molecule has 170 valence electrons. The Morgan fingerprint density at radius 3 is 2.68 bits per heavy atom. The number of H-pyrrole nitrogens is 1. The van der Waals surface area contributed by atoms with Crippen molar-refractivity contribution < 1.29 is 9.90 Å². The topological polar surface area (TPSA) is 118 Å². The smallest absolute Gasteiger partial charge is 0.276 e. The maximum atomic E-state index is 12.9. The summed E-state index contributed by atoms with van der Waals surface area (Å²) in [6, 6.07) is 16.7. The average molecular weight is 453 g/mol. The van der Waals surface area contributed by atoms with Crippen LogP contribution in [0.2, 0.25) is 0 Å². The normalized spacial score (nSPS) is 14.7. The number of anilines is 1. The van der Waals surface area contributed by atoms with Gasteiger partial charge in [0, 0.05) is 48.7 Å². The van der Waals surface area contributed by atoms with E-state index in [2.05, 4.69) is 37.5 Å². The molecule has 2 aromatic heterocycles. The van der Waals surface area contributed by atoms with Gasteiger partial charge in [-0.1, -0.05) is 6.07 Å². The lowest BCUT2D eigenvalue weighted by molar-refractivity contribution is 0.0792. The standard InChI is InChI=1S/C26H24N6O2/c27-13-17-1-4-21(5-2-17)29-26(34)25-23-12-19(3-6-24(23)30-31-25)20-11-18(14-28-15-20)16-32-9-7-22(33)8-10-32/h1-6,11-12,14-15,22,33H,7-10,16H2,(H,29,34)(H,30,31). The molecular formula is C26H24N6O2. The molecule has 8 heteroatoms. The van der Waals surface area contributed by atoms with E-state index in [1.54, 1.807) is 24.3 Å². The number of nitriles is 1. The van der Waals surface area contributed by atoms with Crippen molar-refractivity contribution in [2.24, 2.45) is 0 Å². The first-order valence-electron chi connectivity index (χ1n) is 11.2. The number of carbonyl (C=O) groups is 1. The second kappa shape index (κ2) is 9.43. The zero-order chi connectivity index (χ0) is 23.5. The number of piperidine rings is 1. The minimum absolute atomic E-state index is 0.189. The number of carbonyl (C=O) groups excluding carboxylic acids is 1. The Kier molecular flexibility index (Phi) is 6.04. The van der Waals surface area contributed by atoms with Crippen LogP contribution < -0.4 is 5.32 Å². The maximum absolute atomic E-state index is 12.9. The van der Waals surface area contributed by atoms with Crippen LogP contribution in [-0.4, -0.2) is 50.3 Å². The minimum Gasteiger partial charge on any atom is -0.393 e. The van der Waals surface area contributed by atoms with E-state index in [0.29, 0.717) is 16.9 Å². The van der Waals surface area contributed by atoms with Gasteiger partial charge in [-0.2, -0.15) is 10.4 Å². The molecule has 34 heavy (non-hydrogen) atoms. The van der Waals surface area contributed by atoms with E-state index < -0.39 is 0 Å². The molecule has 0 atom stereocenters. The number of aromatic nitrogens is 3. The van der Waals surface area contributed by atoms with Gasteiger partial charge in [-0.25, -0.2) is 0 Å². The molecular weight excluding hydrogens is 428 g/mol. The number of amides is 1. The molecule has 1 amide bonds. The lowest BCUT2D eigenvalue weighted by atomic mass is 10.0. The van der Waals surface area contributed by atoms with Gasteiger partial charge in [0.25, 0.3) is 5.91 Å². The van der Waals surface area contributed by atoms with Crippen molar-refractivity contribution in [3.8, 4) is 17.2 Å². The fraction of sp³-hybridized carbons (Fsp3) is 0.231. The molecule has 1 aliphatic heterocycles. The van der Waals surface area contributed by atoms with E-state index in [0.717, 1.165) is 60.1 Å². The van der Waals surface area contributed by atoms with Gasteiger partial charge in [0.1, 0.15) is 0 Å². The quantitative estimate of drug-likeness (QED) is 0.425. The largest absolute Gasteiger partial charge is 0.393 e. The number of aliphatic hydroxyl groups excluding tert-OH is 1. The van der Waals surface area contributed by atoms with Crippen LogP contribution in [0.15, 0.2) is 60.9 Å². The van der Waals surface area contributed by atoms with Gasteiger partial charge < -0.3 is 10.4 Å². The number of hydrogen-bond acceptors (Lipinski definition) is 6. The van der Waals surface area contributed by atoms with E-state index in [1.165, 1.54) is 0 Å². The summed E-state index contributed by atoms with van der Waals surface area (Å²) < 4.78 is 0. The van der Waals surface area contributed by atoms with Crippen LogP contribution in [0.1, 0.15) is 34.5 Å². The number of rotatable bonds is 5. The van der Waals surface area contributed by atoms with Gasteiger partial charge in [0.2, 0.25) is 0 Å². The Labute approximate surface area is 196 Å². The zero-order valence-electron chi connectivity index (χ0n) is 18.5. The highest BCUT2D eigenvalue weighted by molar-refractivity contribution is 6.11. The Bertz CT molecular complexity index is 1360. The first kappa shape index (κ1) is 21.8. The van der Waals surface area contributed by atoms with Crippen LogP contribution in [0.4, 0.5) is 5.69 Å². The molecule has 3 N–H and O–H groups in total. The van der Waals surface area contributed by atoms with Crippen LogP contribution in [0.5, 0.6) is 0 Å². The Morgan fingerprint density at radius 1 is 1.12 bits per heavy atom. The van der Waals surface area contributed by atoms with Crippen molar-refractivity contribution in [2.75, 3.05) is 18.4 Å². The summed E-state index contributed by atoms with van der Waals surface area (Å²) in [7, 11) is 0. The summed E-state index contributed by atoms with van der Waals surface area (Å²) in [4.78, 5) is 19.7. The number of pyridine rings is 1. The molecule has 0 aliphatic carbocycles. The fourth-order valence-corrected chi connectivity index (χ4v) is 4.25. The third kappa shape index (κ3) is 4.66. The number of aliphatic hydroxyl groups is 1. The van der Waals surface area contributed by atoms with Gasteiger partial charge in [-0.05, 0) is 66.4 Å². The molecule has 8 nitrogen and oxygen atoms in total. The number of nitrogens with one attached hydrogen (secondary N) is 2. The molecule has 4 aromatic rings. The molecule has 1 saturated heterocycles. The third-order valence-electron chi connectivity index (χ3n) is 6.14. The summed E-state index contributed by atoms with van der Waals surface area (Å²) in [5.41, 5.74) is 5.22. The highest BCUT2D eigenvalue weighted by Crippen LogP contribution is 2.27. The Morgan fingerprint density at radius 2 is 1.91 bits per heavy atom. The minimum atomic E-state index is -0.327. The van der Waals surface area contributed by atoms with Crippen LogP contribution >= 0.6 is 0 Å². The number of hydrogen-bond donors (Lipinski definition) is 3. The number of likely N-dealkylation sites (tertiary alicyclic amines) is 1. The molecule has 1 aliphatic rings. The van der Waals surface area contributed by atoms with Crippen LogP contribution in [-0.2, 0) is 6.54 Å². The molecule has 0 unspecified atom stereocenters. The predicted octanol–water partition coefficient (Wildman–Crippen LogP) is 3.71. The highest BCUT2D eigenvalue weighted by Gasteiger charge is 2.18. The Balaban J connectivity index is 1.37. The molecule has 0 spiro atoms. The molecule has 1 fully saturated rings. The number of fused-ring (bicyclic) bond motifs is 1. The van der Waals surface area contributed by atoms with Gasteiger partial charge in [-0.15, -0.1) is 0 Å². The van der Waals surface area contributed by atoms with E-state index in [-0.39, 0.29) is 12.0 Å². The van der Waals surface area contributed by atoms with E-state index in [1.807, 2.05) is 30.6 Å². The van der Waals surface area contributed by atoms with Crippen molar-refractivity contribution in [1.82, 2.24) is 20.1 Å². The van der Waals surface area contributed by atoms with Crippen molar-refractivity contribution in [2.45, 2.75) is 25.5 Å². The third-order valence-corrected chi connectivity index (χ3v) is 6.14. The van der Waals surface area contributed by atoms with Gasteiger partial charge in [-0.3, -0.25) is 19.8 Å². The van der Waals surface area contributed by atoms with E-state index in [4.69, 9.17) is 5.26 Å². The molecule has 0 radical (unpaired) electrons. The molecule has 2 aromatic carbocycles. The van der Waals surface area contributed by atoms with Crippen molar-refractivity contribution in [1.29, 1.82) is 5.26 Å². The second-order valence-corrected chi connectivity index (χ2v) is 8.57. The lowest BCUT2D eigenvalue weighted by Gasteiger charge is -2.29. The molecule has 0 saturated carbocycles. The predicted molar refractivity (Wildman–Crippen MR) is 129 cm³/mol. The monoisotopic (exact) mass is 452 g/mol. The van der Waals surface area contributed by atoms with Crippen molar-refractivity contribution in [3.05, 3.63) is 77.7 Å². The van der Waals surface area contributed by atoms with Crippen molar-refractivity contribution >= 4 is 22.5 Å². The average Bonchev–Trinajstić information content (AvgIpc) is 3.30.